The van der Waals surface area contributed by atoms with Crippen molar-refractivity contribution < 1.29 is 21.6 Å². The minimum absolute atomic E-state index is 0.0101. The molecule has 8 nitrogen and oxygen atoms in total. The molecule has 0 heterocycles. The van der Waals surface area contributed by atoms with E-state index in [1.807, 2.05) is 0 Å². The average Bonchev–Trinajstić information content (AvgIpc) is 2.55. The van der Waals surface area contributed by atoms with Crippen LogP contribution in [0.1, 0.15) is 13.8 Å². The molecule has 140 valence electrons. The van der Waals surface area contributed by atoms with E-state index in [0.29, 0.717) is 5.69 Å². The Morgan fingerprint density at radius 1 is 0.808 bits per heavy atom. The zero-order valence-electron chi connectivity index (χ0n) is 14.2. The molecule has 0 atom stereocenters. The second-order valence-corrected chi connectivity index (χ2v) is 8.79. The fraction of sp³-hybridized carbons (Fsp3) is 0.188. The molecule has 0 radical (unpaired) electrons. The normalized spacial score (nSPS) is 11.8. The molecule has 1 amide bonds. The summed E-state index contributed by atoms with van der Waals surface area (Å²) in [4.78, 5) is 11.0. The third-order valence-corrected chi connectivity index (χ3v) is 6.19. The van der Waals surface area contributed by atoms with Gasteiger partial charge < -0.3 is 5.32 Å². The molecular formula is C16H19N3O5S2. The lowest BCUT2D eigenvalue weighted by Crippen LogP contribution is -2.23. The molecule has 0 bridgehead atoms. The standard InChI is InChI=1S/C16H19N3O5S2/c1-3-17-25(21,22)15-10-6-14(7-11-15)19-26(23,24)16-8-4-13(5-9-16)18-12(2)20/h4-11,17,19H,3H2,1-2H3,(H,18,20). The van der Waals surface area contributed by atoms with Gasteiger partial charge in [0.1, 0.15) is 0 Å². The highest BCUT2D eigenvalue weighted by atomic mass is 32.2. The molecule has 0 aliphatic heterocycles. The molecule has 10 heteroatoms. The molecule has 2 rings (SSSR count). The van der Waals surface area contributed by atoms with Crippen molar-refractivity contribution in [1.82, 2.24) is 4.72 Å². The first-order valence-corrected chi connectivity index (χ1v) is 10.6. The summed E-state index contributed by atoms with van der Waals surface area (Å²) in [5.41, 5.74) is 0.709. The molecule has 0 aromatic heterocycles. The van der Waals surface area contributed by atoms with Gasteiger partial charge in [-0.05, 0) is 48.5 Å². The Balaban J connectivity index is 2.17. The molecule has 0 saturated heterocycles. The van der Waals surface area contributed by atoms with Crippen molar-refractivity contribution in [2.75, 3.05) is 16.6 Å². The van der Waals surface area contributed by atoms with Gasteiger partial charge in [0.2, 0.25) is 15.9 Å². The maximum absolute atomic E-state index is 12.4. The molecule has 2 aromatic rings. The second-order valence-electron chi connectivity index (χ2n) is 5.34. The number of rotatable bonds is 7. The first-order valence-electron chi connectivity index (χ1n) is 7.64. The molecule has 3 N–H and O–H groups in total. The fourth-order valence-corrected chi connectivity index (χ4v) is 4.21. The van der Waals surface area contributed by atoms with Crippen molar-refractivity contribution in [3.8, 4) is 0 Å². The van der Waals surface area contributed by atoms with Crippen LogP contribution in [0.4, 0.5) is 11.4 Å². The van der Waals surface area contributed by atoms with Crippen molar-refractivity contribution in [2.45, 2.75) is 23.6 Å². The number of carbonyl (C=O) groups is 1. The Kier molecular flexibility index (Phi) is 6.01. The molecule has 0 saturated carbocycles. The number of hydrogen-bond donors (Lipinski definition) is 3. The highest BCUT2D eigenvalue weighted by molar-refractivity contribution is 7.92. The Labute approximate surface area is 152 Å². The summed E-state index contributed by atoms with van der Waals surface area (Å²) in [6, 6.07) is 11.0. The maximum atomic E-state index is 12.4. The monoisotopic (exact) mass is 397 g/mol. The number of nitrogens with one attached hydrogen (secondary N) is 3. The SMILES string of the molecule is CCNS(=O)(=O)c1ccc(NS(=O)(=O)c2ccc(NC(C)=O)cc2)cc1. The van der Waals surface area contributed by atoms with Crippen LogP contribution in [0.15, 0.2) is 58.3 Å². The van der Waals surface area contributed by atoms with Crippen LogP contribution < -0.4 is 14.8 Å². The Morgan fingerprint density at radius 3 is 1.73 bits per heavy atom. The molecule has 0 unspecified atom stereocenters. The third kappa shape index (κ3) is 5.04. The van der Waals surface area contributed by atoms with Crippen LogP contribution in [0, 0.1) is 0 Å². The minimum Gasteiger partial charge on any atom is -0.326 e. The van der Waals surface area contributed by atoms with Crippen molar-refractivity contribution in [1.29, 1.82) is 0 Å². The lowest BCUT2D eigenvalue weighted by molar-refractivity contribution is -0.114. The lowest BCUT2D eigenvalue weighted by atomic mass is 10.3. The van der Waals surface area contributed by atoms with Crippen molar-refractivity contribution in [3.05, 3.63) is 48.5 Å². The summed E-state index contributed by atoms with van der Waals surface area (Å²) in [5.74, 6) is -0.258. The Morgan fingerprint density at radius 2 is 1.27 bits per heavy atom. The number of amides is 1. The number of sulfonamides is 2. The van der Waals surface area contributed by atoms with Crippen LogP contribution >= 0.6 is 0 Å². The van der Waals surface area contributed by atoms with E-state index in [1.165, 1.54) is 55.5 Å². The summed E-state index contributed by atoms with van der Waals surface area (Å²) >= 11 is 0. The summed E-state index contributed by atoms with van der Waals surface area (Å²) in [5, 5.41) is 2.55. The molecule has 2 aromatic carbocycles. The number of carbonyl (C=O) groups excluding carboxylic acids is 1. The molecule has 0 fully saturated rings. The average molecular weight is 397 g/mol. The number of anilines is 2. The zero-order chi connectivity index (χ0) is 19.4. The van der Waals surface area contributed by atoms with E-state index in [1.54, 1.807) is 6.92 Å². The van der Waals surface area contributed by atoms with Crippen LogP contribution in [0.3, 0.4) is 0 Å². The van der Waals surface area contributed by atoms with Gasteiger partial charge in [-0.1, -0.05) is 6.92 Å². The van der Waals surface area contributed by atoms with Crippen LogP contribution in [0.2, 0.25) is 0 Å². The molecule has 26 heavy (non-hydrogen) atoms. The minimum atomic E-state index is -3.84. The Bertz CT molecular complexity index is 983. The van der Waals surface area contributed by atoms with Gasteiger partial charge in [-0.2, -0.15) is 0 Å². The predicted molar refractivity (Wildman–Crippen MR) is 98.9 cm³/mol. The lowest BCUT2D eigenvalue weighted by Gasteiger charge is -2.10. The first kappa shape index (κ1) is 19.9. The number of hydrogen-bond acceptors (Lipinski definition) is 5. The summed E-state index contributed by atoms with van der Waals surface area (Å²) < 4.78 is 53.3. The van der Waals surface area contributed by atoms with Gasteiger partial charge in [0.25, 0.3) is 10.0 Å². The van der Waals surface area contributed by atoms with Crippen molar-refractivity contribution >= 4 is 37.3 Å². The van der Waals surface area contributed by atoms with Crippen LogP contribution in [-0.2, 0) is 24.8 Å². The molecule has 0 aliphatic rings. The quantitative estimate of drug-likeness (QED) is 0.657. The van der Waals surface area contributed by atoms with E-state index in [-0.39, 0.29) is 27.9 Å². The smallest absolute Gasteiger partial charge is 0.261 e. The number of benzene rings is 2. The van der Waals surface area contributed by atoms with Gasteiger partial charge in [-0.15, -0.1) is 0 Å². The first-order chi connectivity index (χ1) is 12.1. The second kappa shape index (κ2) is 7.85. The van der Waals surface area contributed by atoms with Crippen LogP contribution in [0.25, 0.3) is 0 Å². The highest BCUT2D eigenvalue weighted by Gasteiger charge is 2.16. The largest absolute Gasteiger partial charge is 0.326 e. The summed E-state index contributed by atoms with van der Waals surface area (Å²) in [6.45, 7) is 3.27. The van der Waals surface area contributed by atoms with Gasteiger partial charge in [-0.3, -0.25) is 9.52 Å². The van der Waals surface area contributed by atoms with E-state index < -0.39 is 20.0 Å². The third-order valence-electron chi connectivity index (χ3n) is 3.24. The maximum Gasteiger partial charge on any atom is 0.261 e. The van der Waals surface area contributed by atoms with E-state index in [0.717, 1.165) is 0 Å². The van der Waals surface area contributed by atoms with E-state index in [2.05, 4.69) is 14.8 Å². The predicted octanol–water partition coefficient (Wildman–Crippen LogP) is 1.74. The van der Waals surface area contributed by atoms with Gasteiger partial charge in [0.15, 0.2) is 0 Å². The molecule has 0 aliphatic carbocycles. The summed E-state index contributed by atoms with van der Waals surface area (Å²) in [6.07, 6.45) is 0. The van der Waals surface area contributed by atoms with Gasteiger partial charge in [-0.25, -0.2) is 21.6 Å². The zero-order valence-corrected chi connectivity index (χ0v) is 15.8. The van der Waals surface area contributed by atoms with Gasteiger partial charge >= 0.3 is 0 Å². The van der Waals surface area contributed by atoms with E-state index >= 15 is 0 Å². The van der Waals surface area contributed by atoms with Crippen LogP contribution in [0.5, 0.6) is 0 Å². The van der Waals surface area contributed by atoms with Crippen molar-refractivity contribution in [3.63, 3.8) is 0 Å². The van der Waals surface area contributed by atoms with Gasteiger partial charge in [0, 0.05) is 24.8 Å². The highest BCUT2D eigenvalue weighted by Crippen LogP contribution is 2.20. The van der Waals surface area contributed by atoms with Gasteiger partial charge in [0.05, 0.1) is 9.79 Å². The van der Waals surface area contributed by atoms with E-state index in [4.69, 9.17) is 0 Å². The molecular weight excluding hydrogens is 378 g/mol. The van der Waals surface area contributed by atoms with E-state index in [9.17, 15) is 21.6 Å². The summed E-state index contributed by atoms with van der Waals surface area (Å²) in [7, 11) is -7.44. The van der Waals surface area contributed by atoms with Crippen LogP contribution in [-0.4, -0.2) is 29.3 Å². The van der Waals surface area contributed by atoms with Crippen molar-refractivity contribution in [2.24, 2.45) is 0 Å². The molecule has 0 spiro atoms. The Hall–Kier alpha value is -2.43. The topological polar surface area (TPSA) is 121 Å². The fourth-order valence-electron chi connectivity index (χ4n) is 2.11.